The van der Waals surface area contributed by atoms with Gasteiger partial charge in [0.15, 0.2) is 0 Å². The second-order valence-corrected chi connectivity index (χ2v) is 3.64. The van der Waals surface area contributed by atoms with Gasteiger partial charge in [-0.1, -0.05) is 6.08 Å². The Bertz CT molecular complexity index is 278. The van der Waals surface area contributed by atoms with Crippen molar-refractivity contribution in [3.63, 3.8) is 0 Å². The van der Waals surface area contributed by atoms with Gasteiger partial charge in [-0.05, 0) is 12.8 Å². The van der Waals surface area contributed by atoms with Gasteiger partial charge < -0.3 is 14.9 Å². The van der Waals surface area contributed by atoms with Gasteiger partial charge in [-0.25, -0.2) is 9.59 Å². The van der Waals surface area contributed by atoms with Crippen LogP contribution in [0, 0.1) is 0 Å². The smallest absolute Gasteiger partial charge is 0.326 e. The highest BCUT2D eigenvalue weighted by Crippen LogP contribution is 2.18. The third kappa shape index (κ3) is 2.49. The highest BCUT2D eigenvalue weighted by atomic mass is 16.4. The van der Waals surface area contributed by atoms with Gasteiger partial charge in [0.25, 0.3) is 0 Å². The molecule has 0 bridgehead atoms. The van der Waals surface area contributed by atoms with Crippen LogP contribution in [0.4, 0.5) is 4.79 Å². The molecule has 1 N–H and O–H groups in total. The number of aliphatic carboxylic acids is 1. The zero-order valence-corrected chi connectivity index (χ0v) is 8.85. The van der Waals surface area contributed by atoms with Gasteiger partial charge in [-0.15, -0.1) is 6.58 Å². The topological polar surface area (TPSA) is 60.9 Å². The lowest BCUT2D eigenvalue weighted by molar-refractivity contribution is -0.141. The molecule has 2 amide bonds. The van der Waals surface area contributed by atoms with Crippen molar-refractivity contribution in [2.24, 2.45) is 0 Å². The molecule has 0 aromatic rings. The zero-order chi connectivity index (χ0) is 11.4. The Kier molecular flexibility index (Phi) is 3.71. The minimum atomic E-state index is -0.923. The molecule has 0 aromatic heterocycles. The summed E-state index contributed by atoms with van der Waals surface area (Å²) in [7, 11) is 1.64. The van der Waals surface area contributed by atoms with E-state index in [0.717, 1.165) is 6.42 Å². The van der Waals surface area contributed by atoms with Gasteiger partial charge in [0.1, 0.15) is 6.04 Å². The molecule has 0 aromatic carbocycles. The molecule has 0 saturated carbocycles. The van der Waals surface area contributed by atoms with Crippen LogP contribution in [0.5, 0.6) is 0 Å². The summed E-state index contributed by atoms with van der Waals surface area (Å²) in [6.45, 7) is 4.49. The monoisotopic (exact) mass is 212 g/mol. The number of nitrogens with zero attached hydrogens (tertiary/aromatic N) is 2. The van der Waals surface area contributed by atoms with E-state index in [-0.39, 0.29) is 6.03 Å². The standard InChI is InChI=1S/C10H16N2O3/c1-3-6-11(2)10(15)12-7-4-5-8(12)9(13)14/h3,8H,1,4-7H2,2H3,(H,13,14). The number of rotatable bonds is 3. The first-order valence-corrected chi connectivity index (χ1v) is 4.93. The lowest BCUT2D eigenvalue weighted by Gasteiger charge is -2.26. The van der Waals surface area contributed by atoms with E-state index >= 15 is 0 Å². The molecule has 15 heavy (non-hydrogen) atoms. The van der Waals surface area contributed by atoms with Crippen molar-refractivity contribution in [3.8, 4) is 0 Å². The third-order valence-corrected chi connectivity index (χ3v) is 2.51. The van der Waals surface area contributed by atoms with Crippen LogP contribution < -0.4 is 0 Å². The number of urea groups is 1. The summed E-state index contributed by atoms with van der Waals surface area (Å²) in [6, 6.07) is -0.899. The summed E-state index contributed by atoms with van der Waals surface area (Å²) in [6.07, 6.45) is 2.91. The molecule has 1 aliphatic rings. The molecular formula is C10H16N2O3. The van der Waals surface area contributed by atoms with Gasteiger partial charge in [0.05, 0.1) is 0 Å². The van der Waals surface area contributed by atoms with Crippen LogP contribution in [0.3, 0.4) is 0 Å². The van der Waals surface area contributed by atoms with Gasteiger partial charge in [0, 0.05) is 20.1 Å². The lowest BCUT2D eigenvalue weighted by atomic mass is 10.2. The average Bonchev–Trinajstić information content (AvgIpc) is 2.65. The van der Waals surface area contributed by atoms with Crippen LogP contribution >= 0.6 is 0 Å². The van der Waals surface area contributed by atoms with E-state index in [1.165, 1.54) is 9.80 Å². The second kappa shape index (κ2) is 4.82. The summed E-state index contributed by atoms with van der Waals surface area (Å²) < 4.78 is 0. The third-order valence-electron chi connectivity index (χ3n) is 2.51. The van der Waals surface area contributed by atoms with Crippen LogP contribution in [0.25, 0.3) is 0 Å². The molecule has 1 rings (SSSR count). The average molecular weight is 212 g/mol. The Balaban J connectivity index is 2.65. The molecule has 1 saturated heterocycles. The first-order chi connectivity index (χ1) is 7.07. The molecule has 1 atom stereocenters. The van der Waals surface area contributed by atoms with E-state index in [9.17, 15) is 9.59 Å². The number of likely N-dealkylation sites (N-methyl/N-ethyl adjacent to an activating group) is 1. The SMILES string of the molecule is C=CCN(C)C(=O)N1CCCC1C(=O)O. The van der Waals surface area contributed by atoms with E-state index in [4.69, 9.17) is 5.11 Å². The van der Waals surface area contributed by atoms with Crippen LogP contribution in [0.15, 0.2) is 12.7 Å². The van der Waals surface area contributed by atoms with E-state index in [0.29, 0.717) is 19.5 Å². The van der Waals surface area contributed by atoms with E-state index in [2.05, 4.69) is 6.58 Å². The molecule has 1 heterocycles. The largest absolute Gasteiger partial charge is 0.480 e. The number of carbonyl (C=O) groups excluding carboxylic acids is 1. The number of carbonyl (C=O) groups is 2. The highest BCUT2D eigenvalue weighted by molar-refractivity contribution is 5.83. The van der Waals surface area contributed by atoms with Crippen molar-refractivity contribution in [2.45, 2.75) is 18.9 Å². The quantitative estimate of drug-likeness (QED) is 0.703. The fourth-order valence-electron chi connectivity index (χ4n) is 1.74. The minimum absolute atomic E-state index is 0.236. The Labute approximate surface area is 89.0 Å². The maximum absolute atomic E-state index is 11.8. The molecule has 1 unspecified atom stereocenters. The normalized spacial score (nSPS) is 20.1. The van der Waals surface area contributed by atoms with Crippen molar-refractivity contribution in [1.29, 1.82) is 0 Å². The first kappa shape index (κ1) is 11.6. The Hall–Kier alpha value is -1.52. The number of carboxylic acids is 1. The Morgan fingerprint density at radius 1 is 1.67 bits per heavy atom. The number of hydrogen-bond acceptors (Lipinski definition) is 2. The summed E-state index contributed by atoms with van der Waals surface area (Å²) in [5, 5.41) is 8.91. The maximum atomic E-state index is 11.8. The molecule has 5 nitrogen and oxygen atoms in total. The lowest BCUT2D eigenvalue weighted by Crippen LogP contribution is -2.46. The molecule has 0 radical (unpaired) electrons. The minimum Gasteiger partial charge on any atom is -0.480 e. The summed E-state index contributed by atoms with van der Waals surface area (Å²) >= 11 is 0. The predicted molar refractivity (Wildman–Crippen MR) is 55.6 cm³/mol. The van der Waals surface area contributed by atoms with Gasteiger partial charge in [-0.2, -0.15) is 0 Å². The van der Waals surface area contributed by atoms with Crippen molar-refractivity contribution in [1.82, 2.24) is 9.80 Å². The highest BCUT2D eigenvalue weighted by Gasteiger charge is 2.34. The second-order valence-electron chi connectivity index (χ2n) is 3.64. The summed E-state index contributed by atoms with van der Waals surface area (Å²) in [5.74, 6) is -0.923. The molecule has 0 aliphatic carbocycles. The number of likely N-dealkylation sites (tertiary alicyclic amines) is 1. The number of hydrogen-bond donors (Lipinski definition) is 1. The first-order valence-electron chi connectivity index (χ1n) is 4.93. The maximum Gasteiger partial charge on any atom is 0.326 e. The zero-order valence-electron chi connectivity index (χ0n) is 8.85. The molecule has 5 heteroatoms. The summed E-state index contributed by atoms with van der Waals surface area (Å²) in [4.78, 5) is 25.5. The Morgan fingerprint density at radius 3 is 2.87 bits per heavy atom. The molecule has 84 valence electrons. The van der Waals surface area contributed by atoms with Crippen molar-refractivity contribution >= 4 is 12.0 Å². The molecule has 1 aliphatic heterocycles. The van der Waals surface area contributed by atoms with E-state index in [1.807, 2.05) is 0 Å². The van der Waals surface area contributed by atoms with Crippen LogP contribution in [-0.4, -0.2) is 53.1 Å². The molecule has 0 spiro atoms. The van der Waals surface area contributed by atoms with Crippen molar-refractivity contribution in [2.75, 3.05) is 20.1 Å². The van der Waals surface area contributed by atoms with Crippen LogP contribution in [-0.2, 0) is 4.79 Å². The van der Waals surface area contributed by atoms with Gasteiger partial charge in [0.2, 0.25) is 0 Å². The fraction of sp³-hybridized carbons (Fsp3) is 0.600. The fourth-order valence-corrected chi connectivity index (χ4v) is 1.74. The van der Waals surface area contributed by atoms with Crippen molar-refractivity contribution in [3.05, 3.63) is 12.7 Å². The molecular weight excluding hydrogens is 196 g/mol. The number of carboxylic acid groups (broad SMARTS) is 1. The van der Waals surface area contributed by atoms with Crippen LogP contribution in [0.1, 0.15) is 12.8 Å². The van der Waals surface area contributed by atoms with Gasteiger partial charge in [-0.3, -0.25) is 0 Å². The Morgan fingerprint density at radius 2 is 2.33 bits per heavy atom. The molecule has 1 fully saturated rings. The summed E-state index contributed by atoms with van der Waals surface area (Å²) in [5.41, 5.74) is 0. The van der Waals surface area contributed by atoms with E-state index in [1.54, 1.807) is 13.1 Å². The van der Waals surface area contributed by atoms with Gasteiger partial charge >= 0.3 is 12.0 Å². The number of amides is 2. The van der Waals surface area contributed by atoms with E-state index < -0.39 is 12.0 Å². The van der Waals surface area contributed by atoms with Crippen molar-refractivity contribution < 1.29 is 14.7 Å². The van der Waals surface area contributed by atoms with Crippen LogP contribution in [0.2, 0.25) is 0 Å². The predicted octanol–water partition coefficient (Wildman–Crippen LogP) is 0.773.